The van der Waals surface area contributed by atoms with Crippen LogP contribution in [0.5, 0.6) is 0 Å². The number of non-ortho nitro benzene ring substituents is 1. The number of nitro benzene ring substituents is 1. The van der Waals surface area contributed by atoms with Crippen LogP contribution >= 0.6 is 12.2 Å². The fourth-order valence-electron chi connectivity index (χ4n) is 2.16. The first-order valence-electron chi connectivity index (χ1n) is 5.72. The van der Waals surface area contributed by atoms with Crippen LogP contribution in [0.25, 0.3) is 11.0 Å². The maximum absolute atomic E-state index is 11.9. The molecule has 0 saturated carbocycles. The van der Waals surface area contributed by atoms with Crippen molar-refractivity contribution in [1.82, 2.24) is 15.8 Å². The molecule has 1 aromatic heterocycles. The fraction of sp³-hybridized carbons (Fsp3) is 0.100. The van der Waals surface area contributed by atoms with Crippen molar-refractivity contribution in [2.24, 2.45) is 0 Å². The molecule has 0 aliphatic carbocycles. The van der Waals surface area contributed by atoms with E-state index in [4.69, 9.17) is 0 Å². The fourth-order valence-corrected chi connectivity index (χ4v) is 2.36. The Morgan fingerprint density at radius 1 is 1.30 bits per heavy atom. The number of aromatic nitrogens is 2. The molecular weight excluding hydrogens is 341 g/mol. The zero-order chi connectivity index (χ0) is 16.0. The molecule has 13 heteroatoms. The molecule has 0 unspecified atom stereocenters. The van der Waals surface area contributed by atoms with Gasteiger partial charge in [-0.15, -0.1) is 0 Å². The van der Waals surface area contributed by atoms with Gasteiger partial charge in [0.1, 0.15) is 5.92 Å². The summed E-state index contributed by atoms with van der Waals surface area (Å²) in [6.45, 7) is 0. The van der Waals surface area contributed by atoms with Crippen LogP contribution in [0.3, 0.4) is 0 Å². The number of nitrogens with one attached hydrogen (secondary N) is 2. The number of nitrogens with zero attached hydrogens (tertiary/aromatic N) is 3. The molecule has 23 heavy (non-hydrogen) atoms. The minimum absolute atomic E-state index is 0. The quantitative estimate of drug-likeness (QED) is 0.163. The summed E-state index contributed by atoms with van der Waals surface area (Å²) >= 11 is 4.68. The number of thiocarbonyl (C=S) groups is 1. The van der Waals surface area contributed by atoms with Crippen LogP contribution in [-0.4, -0.2) is 56.6 Å². The summed E-state index contributed by atoms with van der Waals surface area (Å²) in [6, 6.07) is 2.16. The molecule has 0 radical (unpaired) electrons. The van der Waals surface area contributed by atoms with E-state index >= 15 is 0 Å². The number of benzene rings is 1. The van der Waals surface area contributed by atoms with E-state index in [0.29, 0.717) is 0 Å². The van der Waals surface area contributed by atoms with E-state index < -0.39 is 33.9 Å². The summed E-state index contributed by atoms with van der Waals surface area (Å²) in [5, 5.41) is 30.2. The van der Waals surface area contributed by atoms with Crippen molar-refractivity contribution >= 4 is 75.4 Å². The monoisotopic (exact) mass is 347 g/mol. The predicted molar refractivity (Wildman–Crippen MR) is 78.4 cm³/mol. The normalized spacial score (nSPS) is 15.0. The van der Waals surface area contributed by atoms with Crippen molar-refractivity contribution < 1.29 is 24.0 Å². The zero-order valence-corrected chi connectivity index (χ0v) is 11.2. The van der Waals surface area contributed by atoms with E-state index in [1.165, 1.54) is 6.07 Å². The topological polar surface area (TPSA) is 154 Å². The summed E-state index contributed by atoms with van der Waals surface area (Å²) in [6.07, 6.45) is 0. The van der Waals surface area contributed by atoms with E-state index in [1.54, 1.807) is 0 Å². The third kappa shape index (κ3) is 2.76. The zero-order valence-electron chi connectivity index (χ0n) is 10.4. The van der Waals surface area contributed by atoms with Crippen molar-refractivity contribution in [2.75, 3.05) is 0 Å². The molecule has 11 nitrogen and oxygen atoms in total. The van der Waals surface area contributed by atoms with Crippen molar-refractivity contribution in [1.29, 1.82) is 0 Å². The number of carbonyl (C=O) groups is 2. The van der Waals surface area contributed by atoms with E-state index in [2.05, 4.69) is 32.6 Å². The Kier molecular flexibility index (Phi) is 4.61. The maximum atomic E-state index is 11.9. The number of amides is 2. The third-order valence-corrected chi connectivity index (χ3v) is 3.26. The molecule has 1 aromatic carbocycles. The van der Waals surface area contributed by atoms with Gasteiger partial charge in [-0.2, -0.15) is 0 Å². The van der Waals surface area contributed by atoms with Gasteiger partial charge in [0.05, 0.1) is 4.92 Å². The SMILES string of the molecule is O=C1NC(=S)NC(=O)C1c1ccc([N+](=O)[O-])c2c1no[n+]2[O-].[NaH]. The van der Waals surface area contributed by atoms with E-state index in [-0.39, 0.29) is 50.7 Å². The summed E-state index contributed by atoms with van der Waals surface area (Å²) < 4.78 is 4.35. The van der Waals surface area contributed by atoms with Crippen LogP contribution in [-0.2, 0) is 9.59 Å². The first kappa shape index (κ1) is 17.2. The Morgan fingerprint density at radius 3 is 2.48 bits per heavy atom. The Morgan fingerprint density at radius 2 is 1.91 bits per heavy atom. The average Bonchev–Trinajstić information content (AvgIpc) is 2.80. The molecule has 0 bridgehead atoms. The first-order chi connectivity index (χ1) is 10.4. The molecule has 2 amide bonds. The third-order valence-electron chi connectivity index (χ3n) is 3.06. The number of nitro groups is 1. The van der Waals surface area contributed by atoms with Gasteiger partial charge in [-0.05, 0) is 23.2 Å². The molecule has 2 N–H and O–H groups in total. The van der Waals surface area contributed by atoms with E-state index in [0.717, 1.165) is 6.07 Å². The molecule has 1 aliphatic heterocycles. The van der Waals surface area contributed by atoms with Crippen LogP contribution in [0.15, 0.2) is 16.8 Å². The van der Waals surface area contributed by atoms with Crippen LogP contribution < -0.4 is 15.5 Å². The van der Waals surface area contributed by atoms with Gasteiger partial charge in [-0.25, -0.2) is 0 Å². The van der Waals surface area contributed by atoms with Crippen LogP contribution in [0.1, 0.15) is 11.5 Å². The second-order valence-corrected chi connectivity index (χ2v) is 4.71. The van der Waals surface area contributed by atoms with Gasteiger partial charge in [0.2, 0.25) is 11.8 Å². The predicted octanol–water partition coefficient (Wildman–Crippen LogP) is -1.66. The molecule has 2 heterocycles. The molecule has 0 atom stereocenters. The Labute approximate surface area is 154 Å². The first-order valence-corrected chi connectivity index (χ1v) is 6.13. The number of fused-ring (bicyclic) bond motifs is 1. The van der Waals surface area contributed by atoms with Crippen LogP contribution in [0.2, 0.25) is 0 Å². The van der Waals surface area contributed by atoms with E-state index in [9.17, 15) is 24.9 Å². The van der Waals surface area contributed by atoms with Crippen molar-refractivity contribution in [3.63, 3.8) is 0 Å². The number of carbonyl (C=O) groups excluding carboxylic acids is 2. The molecule has 114 valence electrons. The molecule has 1 saturated heterocycles. The summed E-state index contributed by atoms with van der Waals surface area (Å²) in [7, 11) is 0. The summed E-state index contributed by atoms with van der Waals surface area (Å²) in [4.78, 5) is 33.9. The standard InChI is InChI=1S/C10H5N5O6S.Na.H/c16-8-5(9(17)12-10(22)11-8)3-1-2-4(14(18)19)7-6(3)13-21-15(7)20;;/h1-2,5H,(H2,11,12,16,17,22);;. The van der Waals surface area contributed by atoms with Gasteiger partial charge in [0, 0.05) is 16.8 Å². The van der Waals surface area contributed by atoms with Gasteiger partial charge in [0.15, 0.2) is 5.11 Å². The number of rotatable bonds is 2. The van der Waals surface area contributed by atoms with Crippen LogP contribution in [0, 0.1) is 15.3 Å². The minimum atomic E-state index is -1.36. The number of hydrogen-bond acceptors (Lipinski definition) is 8. The molecule has 1 fully saturated rings. The Bertz CT molecular complexity index is 847. The molecular formula is C10H6N5NaO6S. The van der Waals surface area contributed by atoms with Gasteiger partial charge in [0.25, 0.3) is 5.52 Å². The van der Waals surface area contributed by atoms with Gasteiger partial charge in [-0.3, -0.25) is 24.3 Å². The second-order valence-electron chi connectivity index (χ2n) is 4.30. The van der Waals surface area contributed by atoms with Gasteiger partial charge >= 0.3 is 40.8 Å². The number of hydrogen-bond donors (Lipinski definition) is 2. The second kappa shape index (κ2) is 6.16. The Hall–Kier alpha value is -2.15. The van der Waals surface area contributed by atoms with Crippen molar-refractivity contribution in [3.8, 4) is 0 Å². The molecule has 3 rings (SSSR count). The molecule has 2 aromatic rings. The van der Waals surface area contributed by atoms with Gasteiger partial charge < -0.3 is 15.8 Å². The summed E-state index contributed by atoms with van der Waals surface area (Å²) in [5.41, 5.74) is -1.28. The summed E-state index contributed by atoms with van der Waals surface area (Å²) in [5.74, 6) is -2.83. The van der Waals surface area contributed by atoms with Crippen molar-refractivity contribution in [2.45, 2.75) is 5.92 Å². The average molecular weight is 347 g/mol. The molecule has 1 aliphatic rings. The van der Waals surface area contributed by atoms with Gasteiger partial charge in [-0.1, -0.05) is 0 Å². The Balaban J connectivity index is 0.00000192. The van der Waals surface area contributed by atoms with Crippen LogP contribution in [0.4, 0.5) is 5.69 Å². The van der Waals surface area contributed by atoms with Crippen molar-refractivity contribution in [3.05, 3.63) is 33.0 Å². The van der Waals surface area contributed by atoms with E-state index in [1.807, 2.05) is 0 Å². The molecule has 0 spiro atoms.